The lowest BCUT2D eigenvalue weighted by Crippen LogP contribution is -2.40. The van der Waals surface area contributed by atoms with E-state index in [4.69, 9.17) is 32.7 Å². The van der Waals surface area contributed by atoms with Crippen molar-refractivity contribution in [3.63, 3.8) is 0 Å². The van der Waals surface area contributed by atoms with E-state index < -0.39 is 12.0 Å². The molecule has 1 aliphatic rings. The minimum absolute atomic E-state index is 0.151. The van der Waals surface area contributed by atoms with E-state index in [0.717, 1.165) is 0 Å². The highest BCUT2D eigenvalue weighted by molar-refractivity contribution is 6.36. The van der Waals surface area contributed by atoms with Crippen molar-refractivity contribution in [1.29, 1.82) is 0 Å². The molecule has 0 spiro atoms. The molecule has 6 nitrogen and oxygen atoms in total. The second-order valence-electron chi connectivity index (χ2n) is 5.83. The Hall–Kier alpha value is -2.05. The Morgan fingerprint density at radius 2 is 2.16 bits per heavy atom. The van der Waals surface area contributed by atoms with Crippen LogP contribution in [-0.4, -0.2) is 39.5 Å². The fourth-order valence-electron chi connectivity index (χ4n) is 2.92. The summed E-state index contributed by atoms with van der Waals surface area (Å²) in [6.07, 6.45) is 3.20. The Morgan fingerprint density at radius 3 is 2.88 bits per heavy atom. The van der Waals surface area contributed by atoms with Crippen LogP contribution in [0.5, 0.6) is 0 Å². The predicted octanol–water partition coefficient (Wildman–Crippen LogP) is 3.66. The number of carbonyl (C=O) groups is 2. The number of benzene rings is 1. The molecule has 8 heteroatoms. The highest BCUT2D eigenvalue weighted by atomic mass is 35.5. The Kier molecular flexibility index (Phi) is 5.30. The number of halogens is 2. The summed E-state index contributed by atoms with van der Waals surface area (Å²) in [6.45, 7) is 0.479. The lowest BCUT2D eigenvalue weighted by atomic mass is 10.2. The third kappa shape index (κ3) is 3.96. The van der Waals surface area contributed by atoms with Crippen molar-refractivity contribution in [2.75, 3.05) is 6.54 Å². The second kappa shape index (κ2) is 7.45. The molecule has 1 aliphatic heterocycles. The van der Waals surface area contributed by atoms with Crippen molar-refractivity contribution in [2.24, 2.45) is 0 Å². The van der Waals surface area contributed by atoms with Gasteiger partial charge >= 0.3 is 5.97 Å². The van der Waals surface area contributed by atoms with Crippen LogP contribution in [0.4, 0.5) is 0 Å². The number of carbonyl (C=O) groups excluding carboxylic acids is 1. The Labute approximate surface area is 154 Å². The standard InChI is InChI=1S/C17H16Cl2N2O4/c18-10-3-4-11(12(19)8-10)14-9-20-15(25-14)5-6-16(22)21-7-1-2-13(21)17(23)24/h3-4,8-9,13H,1-2,5-7H2,(H,23,24). The summed E-state index contributed by atoms with van der Waals surface area (Å²) in [5.41, 5.74) is 0.668. The average molecular weight is 383 g/mol. The Morgan fingerprint density at radius 1 is 1.36 bits per heavy atom. The molecule has 1 atom stereocenters. The summed E-state index contributed by atoms with van der Waals surface area (Å²) in [5.74, 6) is -0.259. The molecule has 2 aromatic rings. The molecular weight excluding hydrogens is 367 g/mol. The zero-order valence-corrected chi connectivity index (χ0v) is 14.8. The number of rotatable bonds is 5. The first-order valence-corrected chi connectivity index (χ1v) is 8.63. The monoisotopic (exact) mass is 382 g/mol. The van der Waals surface area contributed by atoms with Gasteiger partial charge in [0.15, 0.2) is 11.7 Å². The third-order valence-corrected chi connectivity index (χ3v) is 4.71. The summed E-state index contributed by atoms with van der Waals surface area (Å²) in [6, 6.07) is 4.33. The van der Waals surface area contributed by atoms with Gasteiger partial charge in [-0.2, -0.15) is 0 Å². The number of amides is 1. The number of aromatic nitrogens is 1. The van der Waals surface area contributed by atoms with Gasteiger partial charge in [-0.05, 0) is 31.0 Å². The number of hydrogen-bond donors (Lipinski definition) is 1. The molecule has 1 fully saturated rings. The molecule has 1 amide bonds. The summed E-state index contributed by atoms with van der Waals surface area (Å²) >= 11 is 12.0. The van der Waals surface area contributed by atoms with E-state index in [9.17, 15) is 9.59 Å². The first-order chi connectivity index (χ1) is 12.0. The van der Waals surface area contributed by atoms with E-state index >= 15 is 0 Å². The van der Waals surface area contributed by atoms with Gasteiger partial charge in [-0.3, -0.25) is 4.79 Å². The molecule has 0 bridgehead atoms. The smallest absolute Gasteiger partial charge is 0.326 e. The number of oxazole rings is 1. The van der Waals surface area contributed by atoms with Crippen molar-refractivity contribution >= 4 is 35.1 Å². The van der Waals surface area contributed by atoms with Gasteiger partial charge < -0.3 is 14.4 Å². The van der Waals surface area contributed by atoms with Gasteiger partial charge in [0.25, 0.3) is 0 Å². The van der Waals surface area contributed by atoms with E-state index in [1.54, 1.807) is 24.4 Å². The van der Waals surface area contributed by atoms with Crippen molar-refractivity contribution in [3.8, 4) is 11.3 Å². The molecule has 1 unspecified atom stereocenters. The van der Waals surface area contributed by atoms with Gasteiger partial charge in [0, 0.05) is 30.0 Å². The summed E-state index contributed by atoms with van der Waals surface area (Å²) in [7, 11) is 0. The van der Waals surface area contributed by atoms with Crippen LogP contribution >= 0.6 is 23.2 Å². The number of carboxylic acid groups (broad SMARTS) is 1. The molecule has 0 aliphatic carbocycles. The van der Waals surface area contributed by atoms with E-state index in [1.807, 2.05) is 0 Å². The van der Waals surface area contributed by atoms with Crippen molar-refractivity contribution in [3.05, 3.63) is 40.3 Å². The van der Waals surface area contributed by atoms with Crippen molar-refractivity contribution < 1.29 is 19.1 Å². The van der Waals surface area contributed by atoms with E-state index in [2.05, 4.69) is 4.98 Å². The second-order valence-corrected chi connectivity index (χ2v) is 6.67. The topological polar surface area (TPSA) is 83.6 Å². The maximum Gasteiger partial charge on any atom is 0.326 e. The van der Waals surface area contributed by atoms with Crippen LogP contribution in [-0.2, 0) is 16.0 Å². The fourth-order valence-corrected chi connectivity index (χ4v) is 3.42. The minimum Gasteiger partial charge on any atom is -0.480 e. The van der Waals surface area contributed by atoms with Gasteiger partial charge in [0.05, 0.1) is 11.2 Å². The highest BCUT2D eigenvalue weighted by Gasteiger charge is 2.33. The van der Waals surface area contributed by atoms with E-state index in [1.165, 1.54) is 4.90 Å². The zero-order valence-electron chi connectivity index (χ0n) is 13.2. The molecular formula is C17H16Cl2N2O4. The Bertz CT molecular complexity index is 806. The van der Waals surface area contributed by atoms with Gasteiger partial charge in [0.1, 0.15) is 6.04 Å². The van der Waals surface area contributed by atoms with Crippen LogP contribution < -0.4 is 0 Å². The largest absolute Gasteiger partial charge is 0.480 e. The molecule has 1 saturated heterocycles. The fraction of sp³-hybridized carbons (Fsp3) is 0.353. The quantitative estimate of drug-likeness (QED) is 0.852. The van der Waals surface area contributed by atoms with Crippen LogP contribution in [0.15, 0.2) is 28.8 Å². The third-order valence-electron chi connectivity index (χ3n) is 4.16. The lowest BCUT2D eigenvalue weighted by Gasteiger charge is -2.20. The first kappa shape index (κ1) is 17.8. The van der Waals surface area contributed by atoms with E-state index in [0.29, 0.717) is 53.1 Å². The molecule has 1 aromatic heterocycles. The molecule has 2 heterocycles. The predicted molar refractivity (Wildman–Crippen MR) is 92.7 cm³/mol. The summed E-state index contributed by atoms with van der Waals surface area (Å²) in [5, 5.41) is 10.1. The number of carboxylic acids is 1. The van der Waals surface area contributed by atoms with Gasteiger partial charge in [-0.25, -0.2) is 9.78 Å². The van der Waals surface area contributed by atoms with Crippen LogP contribution in [0.25, 0.3) is 11.3 Å². The summed E-state index contributed by atoms with van der Waals surface area (Å²) in [4.78, 5) is 29.0. The number of aryl methyl sites for hydroxylation is 1. The van der Waals surface area contributed by atoms with Crippen molar-refractivity contribution in [2.45, 2.75) is 31.7 Å². The molecule has 0 radical (unpaired) electrons. The lowest BCUT2D eigenvalue weighted by molar-refractivity contribution is -0.148. The Balaban J connectivity index is 1.64. The van der Waals surface area contributed by atoms with Crippen LogP contribution in [0.3, 0.4) is 0 Å². The van der Waals surface area contributed by atoms with Crippen LogP contribution in [0, 0.1) is 0 Å². The highest BCUT2D eigenvalue weighted by Crippen LogP contribution is 2.31. The van der Waals surface area contributed by atoms with Gasteiger partial charge in [-0.15, -0.1) is 0 Å². The molecule has 25 heavy (non-hydrogen) atoms. The van der Waals surface area contributed by atoms with Crippen LogP contribution in [0.1, 0.15) is 25.2 Å². The summed E-state index contributed by atoms with van der Waals surface area (Å²) < 4.78 is 5.65. The van der Waals surface area contributed by atoms with Gasteiger partial charge in [-0.1, -0.05) is 23.2 Å². The normalized spacial score (nSPS) is 17.0. The van der Waals surface area contributed by atoms with Crippen molar-refractivity contribution in [1.82, 2.24) is 9.88 Å². The molecule has 0 saturated carbocycles. The number of likely N-dealkylation sites (tertiary alicyclic amines) is 1. The minimum atomic E-state index is -0.957. The SMILES string of the molecule is O=C(O)C1CCCN1C(=O)CCc1ncc(-c2ccc(Cl)cc2Cl)o1. The van der Waals surface area contributed by atoms with Crippen LogP contribution in [0.2, 0.25) is 10.0 Å². The number of hydrogen-bond acceptors (Lipinski definition) is 4. The molecule has 1 N–H and O–H groups in total. The first-order valence-electron chi connectivity index (χ1n) is 7.88. The molecule has 3 rings (SSSR count). The maximum absolute atomic E-state index is 12.3. The number of aliphatic carboxylic acids is 1. The van der Waals surface area contributed by atoms with Gasteiger partial charge in [0.2, 0.25) is 5.91 Å². The molecule has 1 aromatic carbocycles. The zero-order chi connectivity index (χ0) is 18.0. The number of nitrogens with zero attached hydrogens (tertiary/aromatic N) is 2. The maximum atomic E-state index is 12.3. The molecule has 132 valence electrons. The average Bonchev–Trinajstić information content (AvgIpc) is 3.22. The van der Waals surface area contributed by atoms with E-state index in [-0.39, 0.29) is 12.3 Å².